The molecule has 0 aromatic heterocycles. The first-order valence-corrected chi connectivity index (χ1v) is 5.27. The molecule has 1 atom stereocenters. The quantitative estimate of drug-likeness (QED) is 0.691. The standard InChI is InChI=1S/C10H18N2O/c1-11-9-5-7-12(10(9)13)6-4-8-2-3-8/h8-9,11H,2-7H2,1H3. The summed E-state index contributed by atoms with van der Waals surface area (Å²) >= 11 is 0. The Morgan fingerprint density at radius 3 is 2.77 bits per heavy atom. The van der Waals surface area contributed by atoms with Crippen molar-refractivity contribution >= 4 is 5.91 Å². The summed E-state index contributed by atoms with van der Waals surface area (Å²) in [5.74, 6) is 1.24. The van der Waals surface area contributed by atoms with Gasteiger partial charge in [-0.1, -0.05) is 12.8 Å². The summed E-state index contributed by atoms with van der Waals surface area (Å²) in [6, 6.07) is 0.0965. The predicted octanol–water partition coefficient (Wildman–Crippen LogP) is 0.607. The number of nitrogens with one attached hydrogen (secondary N) is 1. The van der Waals surface area contributed by atoms with Crippen molar-refractivity contribution in [1.29, 1.82) is 0 Å². The van der Waals surface area contributed by atoms with Crippen LogP contribution in [0.3, 0.4) is 0 Å². The Hall–Kier alpha value is -0.570. The van der Waals surface area contributed by atoms with Crippen molar-refractivity contribution in [1.82, 2.24) is 10.2 Å². The third kappa shape index (κ3) is 2.02. The van der Waals surface area contributed by atoms with Crippen LogP contribution in [0.15, 0.2) is 0 Å². The van der Waals surface area contributed by atoms with E-state index in [1.807, 2.05) is 11.9 Å². The number of likely N-dealkylation sites (tertiary alicyclic amines) is 1. The van der Waals surface area contributed by atoms with E-state index in [1.165, 1.54) is 19.3 Å². The summed E-state index contributed by atoms with van der Waals surface area (Å²) < 4.78 is 0. The van der Waals surface area contributed by atoms with Gasteiger partial charge in [0.15, 0.2) is 0 Å². The zero-order chi connectivity index (χ0) is 9.26. The highest BCUT2D eigenvalue weighted by Gasteiger charge is 2.31. The van der Waals surface area contributed by atoms with E-state index in [-0.39, 0.29) is 6.04 Å². The van der Waals surface area contributed by atoms with Crippen LogP contribution >= 0.6 is 0 Å². The summed E-state index contributed by atoms with van der Waals surface area (Å²) in [5, 5.41) is 3.06. The third-order valence-corrected chi connectivity index (χ3v) is 3.15. The molecule has 0 bridgehead atoms. The minimum absolute atomic E-state index is 0.0965. The molecule has 2 fully saturated rings. The molecule has 0 aromatic rings. The summed E-state index contributed by atoms with van der Waals surface area (Å²) in [5.41, 5.74) is 0. The summed E-state index contributed by atoms with van der Waals surface area (Å²) in [4.78, 5) is 13.6. The number of carbonyl (C=O) groups excluding carboxylic acids is 1. The third-order valence-electron chi connectivity index (χ3n) is 3.15. The molecule has 2 rings (SSSR count). The maximum absolute atomic E-state index is 11.6. The van der Waals surface area contributed by atoms with Gasteiger partial charge in [-0.05, 0) is 25.8 Å². The van der Waals surface area contributed by atoms with Crippen LogP contribution in [0.1, 0.15) is 25.7 Å². The van der Waals surface area contributed by atoms with Crippen molar-refractivity contribution in [2.24, 2.45) is 5.92 Å². The van der Waals surface area contributed by atoms with Gasteiger partial charge in [-0.2, -0.15) is 0 Å². The molecule has 74 valence electrons. The molecule has 1 aliphatic carbocycles. The zero-order valence-corrected chi connectivity index (χ0v) is 8.25. The highest BCUT2D eigenvalue weighted by molar-refractivity contribution is 5.83. The lowest BCUT2D eigenvalue weighted by Crippen LogP contribution is -2.36. The van der Waals surface area contributed by atoms with Gasteiger partial charge < -0.3 is 10.2 Å². The largest absolute Gasteiger partial charge is 0.341 e. The lowest BCUT2D eigenvalue weighted by Gasteiger charge is -2.15. The molecule has 1 heterocycles. The van der Waals surface area contributed by atoms with E-state index in [9.17, 15) is 4.79 Å². The van der Waals surface area contributed by atoms with Crippen LogP contribution in [0, 0.1) is 5.92 Å². The fourth-order valence-corrected chi connectivity index (χ4v) is 1.97. The minimum atomic E-state index is 0.0965. The number of hydrogen-bond donors (Lipinski definition) is 1. The first-order valence-electron chi connectivity index (χ1n) is 5.27. The Bertz CT molecular complexity index is 201. The van der Waals surface area contributed by atoms with Gasteiger partial charge in [0.1, 0.15) is 0 Å². The van der Waals surface area contributed by atoms with Gasteiger partial charge in [0.25, 0.3) is 0 Å². The van der Waals surface area contributed by atoms with Crippen molar-refractivity contribution in [2.75, 3.05) is 20.1 Å². The van der Waals surface area contributed by atoms with Crippen molar-refractivity contribution in [2.45, 2.75) is 31.7 Å². The fraction of sp³-hybridized carbons (Fsp3) is 0.900. The average Bonchev–Trinajstić information content (AvgIpc) is 2.89. The van der Waals surface area contributed by atoms with E-state index >= 15 is 0 Å². The molecular weight excluding hydrogens is 164 g/mol. The molecule has 1 saturated carbocycles. The molecule has 3 nitrogen and oxygen atoms in total. The Labute approximate surface area is 79.5 Å². The van der Waals surface area contributed by atoms with Crippen LogP contribution in [0.4, 0.5) is 0 Å². The van der Waals surface area contributed by atoms with Gasteiger partial charge in [-0.3, -0.25) is 4.79 Å². The molecule has 1 saturated heterocycles. The van der Waals surface area contributed by atoms with Crippen molar-refractivity contribution in [3.8, 4) is 0 Å². The van der Waals surface area contributed by atoms with Crippen LogP contribution in [0.5, 0.6) is 0 Å². The van der Waals surface area contributed by atoms with E-state index in [0.717, 1.165) is 25.4 Å². The molecule has 3 heteroatoms. The number of likely N-dealkylation sites (N-methyl/N-ethyl adjacent to an activating group) is 1. The van der Waals surface area contributed by atoms with Crippen LogP contribution in [0.2, 0.25) is 0 Å². The molecule has 0 aromatic carbocycles. The van der Waals surface area contributed by atoms with Crippen molar-refractivity contribution in [3.63, 3.8) is 0 Å². The second-order valence-electron chi connectivity index (χ2n) is 4.19. The smallest absolute Gasteiger partial charge is 0.239 e. The summed E-state index contributed by atoms with van der Waals surface area (Å²) in [7, 11) is 1.87. The monoisotopic (exact) mass is 182 g/mol. The maximum atomic E-state index is 11.6. The normalized spacial score (nSPS) is 28.5. The van der Waals surface area contributed by atoms with E-state index in [4.69, 9.17) is 0 Å². The number of carbonyl (C=O) groups is 1. The number of nitrogens with zero attached hydrogens (tertiary/aromatic N) is 1. The Morgan fingerprint density at radius 2 is 2.23 bits per heavy atom. The lowest BCUT2D eigenvalue weighted by atomic mass is 10.2. The van der Waals surface area contributed by atoms with Crippen molar-refractivity contribution in [3.05, 3.63) is 0 Å². The molecule has 2 aliphatic rings. The average molecular weight is 182 g/mol. The molecule has 1 unspecified atom stereocenters. The minimum Gasteiger partial charge on any atom is -0.341 e. The van der Waals surface area contributed by atoms with Crippen LogP contribution in [0.25, 0.3) is 0 Å². The molecule has 1 aliphatic heterocycles. The Morgan fingerprint density at radius 1 is 1.46 bits per heavy atom. The zero-order valence-electron chi connectivity index (χ0n) is 8.25. The Kier molecular flexibility index (Phi) is 2.54. The molecule has 13 heavy (non-hydrogen) atoms. The molecular formula is C10H18N2O. The van der Waals surface area contributed by atoms with Gasteiger partial charge in [0, 0.05) is 13.1 Å². The van der Waals surface area contributed by atoms with E-state index in [1.54, 1.807) is 0 Å². The summed E-state index contributed by atoms with van der Waals surface area (Å²) in [6.45, 7) is 1.94. The molecule has 1 amide bonds. The first kappa shape index (κ1) is 9.00. The lowest BCUT2D eigenvalue weighted by molar-refractivity contribution is -0.129. The van der Waals surface area contributed by atoms with Gasteiger partial charge in [-0.25, -0.2) is 0 Å². The fourth-order valence-electron chi connectivity index (χ4n) is 1.97. The SMILES string of the molecule is CNC1CCN(CCC2CC2)C1=O. The molecule has 1 N–H and O–H groups in total. The first-order chi connectivity index (χ1) is 6.31. The van der Waals surface area contributed by atoms with Crippen molar-refractivity contribution < 1.29 is 4.79 Å². The van der Waals surface area contributed by atoms with E-state index in [2.05, 4.69) is 5.32 Å². The number of amides is 1. The summed E-state index contributed by atoms with van der Waals surface area (Å²) in [6.07, 6.45) is 4.98. The molecule has 0 spiro atoms. The highest BCUT2D eigenvalue weighted by Crippen LogP contribution is 2.32. The second kappa shape index (κ2) is 3.66. The number of hydrogen-bond acceptors (Lipinski definition) is 2. The van der Waals surface area contributed by atoms with E-state index < -0.39 is 0 Å². The second-order valence-corrected chi connectivity index (χ2v) is 4.19. The van der Waals surface area contributed by atoms with Gasteiger partial charge in [0.2, 0.25) is 5.91 Å². The van der Waals surface area contributed by atoms with Gasteiger partial charge >= 0.3 is 0 Å². The predicted molar refractivity (Wildman–Crippen MR) is 51.4 cm³/mol. The maximum Gasteiger partial charge on any atom is 0.239 e. The van der Waals surface area contributed by atoms with Crippen LogP contribution in [-0.2, 0) is 4.79 Å². The topological polar surface area (TPSA) is 32.3 Å². The van der Waals surface area contributed by atoms with Gasteiger partial charge in [-0.15, -0.1) is 0 Å². The highest BCUT2D eigenvalue weighted by atomic mass is 16.2. The van der Waals surface area contributed by atoms with Crippen LogP contribution in [-0.4, -0.2) is 37.0 Å². The van der Waals surface area contributed by atoms with E-state index in [0.29, 0.717) is 5.91 Å². The van der Waals surface area contributed by atoms with Crippen LogP contribution < -0.4 is 5.32 Å². The van der Waals surface area contributed by atoms with Gasteiger partial charge in [0.05, 0.1) is 6.04 Å². The molecule has 0 radical (unpaired) electrons. The number of rotatable bonds is 4. The Balaban J connectivity index is 1.76.